The van der Waals surface area contributed by atoms with Crippen LogP contribution in [0.25, 0.3) is 11.1 Å². The van der Waals surface area contributed by atoms with E-state index in [2.05, 4.69) is 33.9 Å². The summed E-state index contributed by atoms with van der Waals surface area (Å²) in [6, 6.07) is 12.9. The first-order valence-electron chi connectivity index (χ1n) is 8.68. The van der Waals surface area contributed by atoms with Crippen molar-refractivity contribution >= 4 is 8.32 Å². The molecule has 0 amide bonds. The predicted molar refractivity (Wildman–Crippen MR) is 107 cm³/mol. The molecule has 0 aromatic heterocycles. The van der Waals surface area contributed by atoms with E-state index >= 15 is 0 Å². The third-order valence-corrected chi connectivity index (χ3v) is 9.35. The standard InChI is InChI=1S/C21H30O3Si/c1-20(2,3)25(6,7)24-18-14-10-12-16(19(18)21(4,5)23)15-11-8-9-13-17(15)22/h8-14,22-23H,1-7H3. The lowest BCUT2D eigenvalue weighted by Crippen LogP contribution is -2.44. The number of hydrogen-bond donors (Lipinski definition) is 2. The highest BCUT2D eigenvalue weighted by molar-refractivity contribution is 6.74. The Morgan fingerprint density at radius 2 is 1.40 bits per heavy atom. The summed E-state index contributed by atoms with van der Waals surface area (Å²) < 4.78 is 6.52. The average molecular weight is 359 g/mol. The van der Waals surface area contributed by atoms with E-state index < -0.39 is 13.9 Å². The lowest BCUT2D eigenvalue weighted by molar-refractivity contribution is 0.0772. The van der Waals surface area contributed by atoms with Crippen molar-refractivity contribution in [2.24, 2.45) is 0 Å². The summed E-state index contributed by atoms with van der Waals surface area (Å²) in [5.74, 6) is 0.886. The van der Waals surface area contributed by atoms with Gasteiger partial charge in [0.05, 0.1) is 5.60 Å². The van der Waals surface area contributed by atoms with Crippen LogP contribution >= 0.6 is 0 Å². The molecule has 0 saturated carbocycles. The van der Waals surface area contributed by atoms with Crippen molar-refractivity contribution in [3.05, 3.63) is 48.0 Å². The van der Waals surface area contributed by atoms with Gasteiger partial charge < -0.3 is 14.6 Å². The molecule has 136 valence electrons. The van der Waals surface area contributed by atoms with E-state index in [4.69, 9.17) is 4.43 Å². The number of phenols is 1. The third-order valence-electron chi connectivity index (χ3n) is 5.00. The first kappa shape index (κ1) is 19.5. The number of phenolic OH excluding ortho intramolecular Hbond substituents is 1. The van der Waals surface area contributed by atoms with Crippen molar-refractivity contribution < 1.29 is 14.6 Å². The summed E-state index contributed by atoms with van der Waals surface area (Å²) in [6.45, 7) is 14.5. The molecule has 0 atom stereocenters. The van der Waals surface area contributed by atoms with E-state index in [1.807, 2.05) is 30.3 Å². The fraction of sp³-hybridized carbons (Fsp3) is 0.429. The Morgan fingerprint density at radius 3 is 1.92 bits per heavy atom. The second kappa shape index (κ2) is 6.50. The number of para-hydroxylation sites is 1. The molecule has 0 radical (unpaired) electrons. The summed E-state index contributed by atoms with van der Waals surface area (Å²) in [6.07, 6.45) is 0. The number of benzene rings is 2. The number of hydrogen-bond acceptors (Lipinski definition) is 3. The Bertz CT molecular complexity index is 752. The molecule has 2 aromatic rings. The van der Waals surface area contributed by atoms with Gasteiger partial charge in [0.2, 0.25) is 8.32 Å². The highest BCUT2D eigenvalue weighted by Crippen LogP contribution is 2.44. The minimum Gasteiger partial charge on any atom is -0.543 e. The van der Waals surface area contributed by atoms with Crippen LogP contribution in [0.5, 0.6) is 11.5 Å². The predicted octanol–water partition coefficient (Wildman–Crippen LogP) is 5.67. The molecule has 0 unspecified atom stereocenters. The van der Waals surface area contributed by atoms with Gasteiger partial charge in [-0.15, -0.1) is 0 Å². The molecule has 2 rings (SSSR count). The number of aromatic hydroxyl groups is 1. The van der Waals surface area contributed by atoms with Crippen molar-refractivity contribution in [1.82, 2.24) is 0 Å². The van der Waals surface area contributed by atoms with Gasteiger partial charge >= 0.3 is 0 Å². The van der Waals surface area contributed by atoms with Gasteiger partial charge in [0, 0.05) is 11.1 Å². The van der Waals surface area contributed by atoms with E-state index in [1.54, 1.807) is 26.0 Å². The lowest BCUT2D eigenvalue weighted by Gasteiger charge is -2.38. The van der Waals surface area contributed by atoms with E-state index in [0.717, 1.165) is 5.56 Å². The zero-order valence-corrected chi connectivity index (χ0v) is 17.3. The van der Waals surface area contributed by atoms with Crippen molar-refractivity contribution in [2.75, 3.05) is 0 Å². The van der Waals surface area contributed by atoms with Crippen LogP contribution in [0.1, 0.15) is 40.2 Å². The van der Waals surface area contributed by atoms with Crippen LogP contribution in [0.2, 0.25) is 18.1 Å². The van der Waals surface area contributed by atoms with Crippen molar-refractivity contribution in [2.45, 2.75) is 58.4 Å². The van der Waals surface area contributed by atoms with Crippen molar-refractivity contribution in [1.29, 1.82) is 0 Å². The smallest absolute Gasteiger partial charge is 0.250 e. The molecule has 0 aliphatic heterocycles. The van der Waals surface area contributed by atoms with E-state index in [0.29, 0.717) is 16.9 Å². The molecule has 0 aliphatic rings. The Labute approximate surface area is 152 Å². The normalized spacial score (nSPS) is 13.0. The summed E-state index contributed by atoms with van der Waals surface area (Å²) in [7, 11) is -2.07. The second-order valence-electron chi connectivity index (χ2n) is 8.62. The Kier molecular flexibility index (Phi) is 5.08. The Morgan fingerprint density at radius 1 is 0.840 bits per heavy atom. The SMILES string of the molecule is CC(C)(O)c1c(O[Si](C)(C)C(C)(C)C)cccc1-c1ccccc1O. The average Bonchev–Trinajstić information content (AvgIpc) is 2.44. The molecule has 2 N–H and O–H groups in total. The molecule has 4 heteroatoms. The van der Waals surface area contributed by atoms with Gasteiger partial charge in [-0.25, -0.2) is 0 Å². The van der Waals surface area contributed by atoms with Gasteiger partial charge in [0.1, 0.15) is 11.5 Å². The first-order valence-corrected chi connectivity index (χ1v) is 11.6. The van der Waals surface area contributed by atoms with Crippen LogP contribution in [0.15, 0.2) is 42.5 Å². The topological polar surface area (TPSA) is 49.7 Å². The molecule has 0 spiro atoms. The van der Waals surface area contributed by atoms with E-state index in [9.17, 15) is 10.2 Å². The van der Waals surface area contributed by atoms with Gasteiger partial charge in [-0.3, -0.25) is 0 Å². The maximum Gasteiger partial charge on any atom is 0.250 e. The molecule has 0 aliphatic carbocycles. The first-order chi connectivity index (χ1) is 11.3. The quantitative estimate of drug-likeness (QED) is 0.692. The molecule has 3 nitrogen and oxygen atoms in total. The maximum absolute atomic E-state index is 10.9. The molecule has 0 bridgehead atoms. The lowest BCUT2D eigenvalue weighted by atomic mass is 9.88. The van der Waals surface area contributed by atoms with Gasteiger partial charge in [-0.1, -0.05) is 51.1 Å². The molecule has 2 aromatic carbocycles. The van der Waals surface area contributed by atoms with Gasteiger partial charge in [-0.05, 0) is 49.7 Å². The molecule has 25 heavy (non-hydrogen) atoms. The van der Waals surface area contributed by atoms with Crippen molar-refractivity contribution in [3.8, 4) is 22.6 Å². The van der Waals surface area contributed by atoms with Gasteiger partial charge in [-0.2, -0.15) is 0 Å². The minimum atomic E-state index is -2.07. The molecular weight excluding hydrogens is 328 g/mol. The summed E-state index contributed by atoms with van der Waals surface area (Å²) >= 11 is 0. The van der Waals surface area contributed by atoms with Gasteiger partial charge in [0.25, 0.3) is 0 Å². The van der Waals surface area contributed by atoms with Crippen LogP contribution < -0.4 is 4.43 Å². The summed E-state index contributed by atoms with van der Waals surface area (Å²) in [4.78, 5) is 0. The largest absolute Gasteiger partial charge is 0.543 e. The molecule has 0 saturated heterocycles. The zero-order valence-electron chi connectivity index (χ0n) is 16.3. The highest BCUT2D eigenvalue weighted by Gasteiger charge is 2.40. The number of aliphatic hydroxyl groups is 1. The van der Waals surface area contributed by atoms with Gasteiger partial charge in [0.15, 0.2) is 0 Å². The fourth-order valence-corrected chi connectivity index (χ4v) is 3.63. The zero-order chi connectivity index (χ0) is 19.0. The molecular formula is C21H30O3Si. The third kappa shape index (κ3) is 4.07. The fourth-order valence-electron chi connectivity index (χ4n) is 2.60. The van der Waals surface area contributed by atoms with Crippen molar-refractivity contribution in [3.63, 3.8) is 0 Å². The Hall–Kier alpha value is -1.78. The molecule has 0 heterocycles. The van der Waals surface area contributed by atoms with E-state index in [1.165, 1.54) is 0 Å². The van der Waals surface area contributed by atoms with E-state index in [-0.39, 0.29) is 10.8 Å². The summed E-state index contributed by atoms with van der Waals surface area (Å²) in [5, 5.41) is 21.2. The highest BCUT2D eigenvalue weighted by atomic mass is 28.4. The monoisotopic (exact) mass is 358 g/mol. The minimum absolute atomic E-state index is 0.0504. The van der Waals surface area contributed by atoms with Crippen LogP contribution in [0.4, 0.5) is 0 Å². The van der Waals surface area contributed by atoms with Crippen LogP contribution in [-0.2, 0) is 5.60 Å². The van der Waals surface area contributed by atoms with Crippen LogP contribution in [0.3, 0.4) is 0 Å². The maximum atomic E-state index is 10.9. The van der Waals surface area contributed by atoms with Crippen LogP contribution in [0, 0.1) is 0 Å². The second-order valence-corrected chi connectivity index (χ2v) is 13.3. The number of rotatable bonds is 4. The summed E-state index contributed by atoms with van der Waals surface area (Å²) in [5.41, 5.74) is 1.10. The Balaban J connectivity index is 2.68. The molecule has 0 fully saturated rings. The van der Waals surface area contributed by atoms with Crippen LogP contribution in [-0.4, -0.2) is 18.5 Å².